The summed E-state index contributed by atoms with van der Waals surface area (Å²) in [5, 5.41) is 4.30. The van der Waals surface area contributed by atoms with Gasteiger partial charge in [-0.2, -0.15) is 5.10 Å². The van der Waals surface area contributed by atoms with Crippen LogP contribution < -0.4 is 0 Å². The maximum atomic E-state index is 11.8. The zero-order chi connectivity index (χ0) is 14.3. The largest absolute Gasteiger partial charge is 0.465 e. The predicted molar refractivity (Wildman–Crippen MR) is 74.4 cm³/mol. The number of esters is 1. The summed E-state index contributed by atoms with van der Waals surface area (Å²) in [5.41, 5.74) is 3.63. The summed E-state index contributed by atoms with van der Waals surface area (Å²) in [5.74, 6) is 0.286. The molecular formula is C14H14N4O2. The van der Waals surface area contributed by atoms with E-state index in [1.807, 2.05) is 26.1 Å². The third kappa shape index (κ3) is 1.85. The Morgan fingerprint density at radius 2 is 2.20 bits per heavy atom. The second-order valence-electron chi connectivity index (χ2n) is 4.57. The molecule has 0 bridgehead atoms. The molecule has 0 spiro atoms. The number of carbonyl (C=O) groups excluding carboxylic acids is 1. The van der Waals surface area contributed by atoms with Gasteiger partial charge in [0.05, 0.1) is 23.9 Å². The van der Waals surface area contributed by atoms with Gasteiger partial charge in [-0.25, -0.2) is 9.78 Å². The van der Waals surface area contributed by atoms with E-state index in [-0.39, 0.29) is 0 Å². The van der Waals surface area contributed by atoms with E-state index >= 15 is 0 Å². The standard InChI is InChI=1S/C14H14N4O2/c1-8-7-11(18(2)17-8)13-15-10-6-4-5-9(12(10)16-13)14(19)20-3/h4-7H,1-3H3,(H,15,16). The van der Waals surface area contributed by atoms with Gasteiger partial charge in [0.1, 0.15) is 11.2 Å². The van der Waals surface area contributed by atoms with Crippen molar-refractivity contribution in [3.05, 3.63) is 35.5 Å². The molecule has 3 aromatic rings. The van der Waals surface area contributed by atoms with Crippen LogP contribution in [-0.4, -0.2) is 32.8 Å². The zero-order valence-electron chi connectivity index (χ0n) is 11.5. The molecule has 0 saturated carbocycles. The summed E-state index contributed by atoms with van der Waals surface area (Å²) in [7, 11) is 3.22. The highest BCUT2D eigenvalue weighted by molar-refractivity contribution is 6.02. The number of imidazole rings is 1. The van der Waals surface area contributed by atoms with Gasteiger partial charge in [-0.15, -0.1) is 0 Å². The van der Waals surface area contributed by atoms with Crippen LogP contribution in [0.5, 0.6) is 0 Å². The summed E-state index contributed by atoms with van der Waals surface area (Å²) in [4.78, 5) is 19.5. The molecule has 0 aliphatic heterocycles. The van der Waals surface area contributed by atoms with E-state index in [9.17, 15) is 4.79 Å². The maximum Gasteiger partial charge on any atom is 0.340 e. The summed E-state index contributed by atoms with van der Waals surface area (Å²) in [6.07, 6.45) is 0. The minimum atomic E-state index is -0.394. The number of methoxy groups -OCH3 is 1. The van der Waals surface area contributed by atoms with Crippen LogP contribution >= 0.6 is 0 Å². The molecule has 102 valence electrons. The molecule has 20 heavy (non-hydrogen) atoms. The maximum absolute atomic E-state index is 11.8. The van der Waals surface area contributed by atoms with E-state index in [1.165, 1.54) is 7.11 Å². The van der Waals surface area contributed by atoms with Crippen LogP contribution in [0.3, 0.4) is 0 Å². The van der Waals surface area contributed by atoms with E-state index in [2.05, 4.69) is 15.1 Å². The van der Waals surface area contributed by atoms with Gasteiger partial charge in [-0.05, 0) is 25.1 Å². The highest BCUT2D eigenvalue weighted by Gasteiger charge is 2.16. The van der Waals surface area contributed by atoms with Crippen LogP contribution in [0, 0.1) is 6.92 Å². The third-order valence-electron chi connectivity index (χ3n) is 3.16. The summed E-state index contributed by atoms with van der Waals surface area (Å²) >= 11 is 0. The Hall–Kier alpha value is -2.63. The Morgan fingerprint density at radius 3 is 2.85 bits per heavy atom. The van der Waals surface area contributed by atoms with Crippen molar-refractivity contribution < 1.29 is 9.53 Å². The Morgan fingerprint density at radius 1 is 1.40 bits per heavy atom. The summed E-state index contributed by atoms with van der Waals surface area (Å²) in [6, 6.07) is 7.31. The van der Waals surface area contributed by atoms with Gasteiger partial charge in [0.2, 0.25) is 0 Å². The van der Waals surface area contributed by atoms with Crippen molar-refractivity contribution in [1.29, 1.82) is 0 Å². The second kappa shape index (κ2) is 4.48. The number of nitrogens with zero attached hydrogens (tertiary/aromatic N) is 3. The zero-order valence-corrected chi connectivity index (χ0v) is 11.5. The molecule has 0 aliphatic carbocycles. The number of rotatable bonds is 2. The lowest BCUT2D eigenvalue weighted by atomic mass is 10.2. The monoisotopic (exact) mass is 270 g/mol. The lowest BCUT2D eigenvalue weighted by Crippen LogP contribution is -2.01. The minimum Gasteiger partial charge on any atom is -0.465 e. The van der Waals surface area contributed by atoms with Gasteiger partial charge in [-0.1, -0.05) is 6.07 Å². The second-order valence-corrected chi connectivity index (χ2v) is 4.57. The number of aromatic nitrogens is 4. The van der Waals surface area contributed by atoms with E-state index in [4.69, 9.17) is 4.74 Å². The Labute approximate surface area is 115 Å². The van der Waals surface area contributed by atoms with Gasteiger partial charge in [-0.3, -0.25) is 4.68 Å². The molecule has 2 heterocycles. The third-order valence-corrected chi connectivity index (χ3v) is 3.16. The van der Waals surface area contributed by atoms with Crippen LogP contribution in [-0.2, 0) is 11.8 Å². The summed E-state index contributed by atoms with van der Waals surface area (Å²) < 4.78 is 6.53. The molecular weight excluding hydrogens is 256 g/mol. The topological polar surface area (TPSA) is 72.8 Å². The summed E-state index contributed by atoms with van der Waals surface area (Å²) in [6.45, 7) is 1.92. The normalized spacial score (nSPS) is 10.9. The first-order chi connectivity index (χ1) is 9.60. The Bertz CT molecular complexity index is 801. The van der Waals surface area contributed by atoms with Gasteiger partial charge in [0.25, 0.3) is 0 Å². The molecule has 0 amide bonds. The van der Waals surface area contributed by atoms with Crippen molar-refractivity contribution >= 4 is 17.0 Å². The quantitative estimate of drug-likeness (QED) is 0.723. The molecule has 0 aliphatic rings. The van der Waals surface area contributed by atoms with Gasteiger partial charge < -0.3 is 9.72 Å². The van der Waals surface area contributed by atoms with Crippen molar-refractivity contribution in [2.75, 3.05) is 7.11 Å². The lowest BCUT2D eigenvalue weighted by molar-refractivity contribution is 0.0603. The number of benzene rings is 1. The van der Waals surface area contributed by atoms with Gasteiger partial charge in [0.15, 0.2) is 5.82 Å². The van der Waals surface area contributed by atoms with E-state index in [0.717, 1.165) is 16.9 Å². The average molecular weight is 270 g/mol. The molecule has 6 heteroatoms. The number of hydrogen-bond acceptors (Lipinski definition) is 4. The Kier molecular flexibility index (Phi) is 2.78. The lowest BCUT2D eigenvalue weighted by Gasteiger charge is -1.98. The molecule has 0 radical (unpaired) electrons. The first kappa shape index (κ1) is 12.4. The fourth-order valence-corrected chi connectivity index (χ4v) is 2.26. The van der Waals surface area contributed by atoms with Crippen molar-refractivity contribution in [2.45, 2.75) is 6.92 Å². The molecule has 0 fully saturated rings. The number of aromatic amines is 1. The smallest absolute Gasteiger partial charge is 0.340 e. The van der Waals surface area contributed by atoms with Crippen molar-refractivity contribution in [2.24, 2.45) is 7.05 Å². The molecule has 0 saturated heterocycles. The number of fused-ring (bicyclic) bond motifs is 1. The minimum absolute atomic E-state index is 0.394. The molecule has 0 atom stereocenters. The van der Waals surface area contributed by atoms with Crippen LogP contribution in [0.4, 0.5) is 0 Å². The fourth-order valence-electron chi connectivity index (χ4n) is 2.26. The number of aryl methyl sites for hydroxylation is 2. The van der Waals surface area contributed by atoms with E-state index < -0.39 is 5.97 Å². The molecule has 1 aromatic carbocycles. The fraction of sp³-hybridized carbons (Fsp3) is 0.214. The molecule has 0 unspecified atom stereocenters. The number of nitrogens with one attached hydrogen (secondary N) is 1. The van der Waals surface area contributed by atoms with Crippen molar-refractivity contribution in [1.82, 2.24) is 19.7 Å². The molecule has 1 N–H and O–H groups in total. The molecule has 6 nitrogen and oxygen atoms in total. The van der Waals surface area contributed by atoms with E-state index in [0.29, 0.717) is 16.9 Å². The first-order valence-electron chi connectivity index (χ1n) is 6.18. The number of para-hydroxylation sites is 1. The number of ether oxygens (including phenoxy) is 1. The van der Waals surface area contributed by atoms with Crippen LogP contribution in [0.25, 0.3) is 22.6 Å². The number of H-pyrrole nitrogens is 1. The van der Waals surface area contributed by atoms with E-state index in [1.54, 1.807) is 16.8 Å². The number of hydrogen-bond donors (Lipinski definition) is 1. The molecule has 3 rings (SSSR count). The first-order valence-corrected chi connectivity index (χ1v) is 6.18. The highest BCUT2D eigenvalue weighted by Crippen LogP contribution is 2.23. The van der Waals surface area contributed by atoms with Crippen LogP contribution in [0.1, 0.15) is 16.1 Å². The van der Waals surface area contributed by atoms with Crippen LogP contribution in [0.15, 0.2) is 24.3 Å². The van der Waals surface area contributed by atoms with Crippen molar-refractivity contribution in [3.8, 4) is 11.5 Å². The Balaban J connectivity index is 2.21. The van der Waals surface area contributed by atoms with Gasteiger partial charge in [0, 0.05) is 7.05 Å². The average Bonchev–Trinajstić information content (AvgIpc) is 3.00. The van der Waals surface area contributed by atoms with Crippen molar-refractivity contribution in [3.63, 3.8) is 0 Å². The SMILES string of the molecule is COC(=O)c1cccc2[nH]c(-c3cc(C)nn3C)nc12. The highest BCUT2D eigenvalue weighted by atomic mass is 16.5. The predicted octanol–water partition coefficient (Wildman–Crippen LogP) is 2.06. The molecule has 2 aromatic heterocycles. The van der Waals surface area contributed by atoms with Crippen LogP contribution in [0.2, 0.25) is 0 Å². The van der Waals surface area contributed by atoms with Gasteiger partial charge >= 0.3 is 5.97 Å². The number of carbonyl (C=O) groups is 1.